The molecule has 0 saturated carbocycles. The van der Waals surface area contributed by atoms with E-state index in [1.165, 1.54) is 0 Å². The highest BCUT2D eigenvalue weighted by molar-refractivity contribution is 5.86. The molecule has 1 fully saturated rings. The van der Waals surface area contributed by atoms with Crippen molar-refractivity contribution in [1.29, 1.82) is 0 Å². The highest BCUT2D eigenvalue weighted by Gasteiger charge is 2.42. The van der Waals surface area contributed by atoms with Crippen LogP contribution in [0.25, 0.3) is 0 Å². The second kappa shape index (κ2) is 4.10. The summed E-state index contributed by atoms with van der Waals surface area (Å²) < 4.78 is 5.01. The van der Waals surface area contributed by atoms with Crippen molar-refractivity contribution in [3.8, 4) is 0 Å². The highest BCUT2D eigenvalue weighted by atomic mass is 16.5. The second-order valence-electron chi connectivity index (χ2n) is 5.35. The van der Waals surface area contributed by atoms with Crippen LogP contribution in [0.2, 0.25) is 0 Å². The fraction of sp³-hybridized carbons (Fsp3) is 0.909. The molecule has 1 aliphatic heterocycles. The predicted molar refractivity (Wildman–Crippen MR) is 59.7 cm³/mol. The van der Waals surface area contributed by atoms with Crippen LogP contribution in [0.4, 0.5) is 0 Å². The lowest BCUT2D eigenvalue weighted by molar-refractivity contribution is -0.144. The molecule has 0 aromatic heterocycles. The lowest BCUT2D eigenvalue weighted by Gasteiger charge is -2.47. The van der Waals surface area contributed by atoms with Crippen LogP contribution in [0, 0.1) is 0 Å². The van der Waals surface area contributed by atoms with Crippen molar-refractivity contribution in [2.75, 3.05) is 26.8 Å². The van der Waals surface area contributed by atoms with E-state index < -0.39 is 5.54 Å². The average molecular weight is 214 g/mol. The van der Waals surface area contributed by atoms with Gasteiger partial charge in [-0.2, -0.15) is 0 Å². The van der Waals surface area contributed by atoms with Gasteiger partial charge in [-0.15, -0.1) is 0 Å². The maximum atomic E-state index is 12.0. The number of ether oxygens (including phenoxy) is 1. The third-order valence-corrected chi connectivity index (χ3v) is 2.62. The van der Waals surface area contributed by atoms with Crippen LogP contribution in [-0.2, 0) is 9.53 Å². The quantitative estimate of drug-likeness (QED) is 0.749. The van der Waals surface area contributed by atoms with Crippen LogP contribution in [0.1, 0.15) is 27.7 Å². The van der Waals surface area contributed by atoms with E-state index in [1.54, 1.807) is 7.11 Å². The minimum Gasteiger partial charge on any atom is -0.383 e. The molecule has 1 aliphatic rings. The van der Waals surface area contributed by atoms with Gasteiger partial charge in [-0.05, 0) is 27.7 Å². The molecule has 1 N–H and O–H groups in total. The maximum Gasteiger partial charge on any atom is 0.242 e. The van der Waals surface area contributed by atoms with E-state index >= 15 is 0 Å². The zero-order chi connectivity index (χ0) is 11.7. The van der Waals surface area contributed by atoms with E-state index in [1.807, 2.05) is 18.7 Å². The Kier molecular flexibility index (Phi) is 3.41. The molecule has 4 heteroatoms. The first-order chi connectivity index (χ1) is 6.78. The van der Waals surface area contributed by atoms with Crippen molar-refractivity contribution in [2.24, 2.45) is 0 Å². The van der Waals surface area contributed by atoms with Crippen LogP contribution in [0.15, 0.2) is 0 Å². The Bertz CT molecular complexity index is 249. The van der Waals surface area contributed by atoms with Gasteiger partial charge in [-0.3, -0.25) is 10.1 Å². The molecule has 1 heterocycles. The number of carbonyl (C=O) groups excluding carboxylic acids is 1. The number of nitrogens with one attached hydrogen (secondary N) is 1. The summed E-state index contributed by atoms with van der Waals surface area (Å²) in [4.78, 5) is 13.9. The molecule has 0 aliphatic carbocycles. The van der Waals surface area contributed by atoms with Crippen molar-refractivity contribution in [3.63, 3.8) is 0 Å². The molecule has 1 amide bonds. The summed E-state index contributed by atoms with van der Waals surface area (Å²) in [7, 11) is 1.66. The molecule has 4 nitrogen and oxygen atoms in total. The van der Waals surface area contributed by atoms with Gasteiger partial charge >= 0.3 is 0 Å². The van der Waals surface area contributed by atoms with Crippen molar-refractivity contribution in [1.82, 2.24) is 10.2 Å². The minimum absolute atomic E-state index is 0.0366. The van der Waals surface area contributed by atoms with Crippen molar-refractivity contribution < 1.29 is 9.53 Å². The molecular weight excluding hydrogens is 192 g/mol. The van der Waals surface area contributed by atoms with Gasteiger partial charge in [0.25, 0.3) is 0 Å². The minimum atomic E-state index is -0.477. The van der Waals surface area contributed by atoms with Gasteiger partial charge in [-0.1, -0.05) is 0 Å². The first-order valence-electron chi connectivity index (χ1n) is 5.36. The van der Waals surface area contributed by atoms with Crippen LogP contribution < -0.4 is 5.32 Å². The van der Waals surface area contributed by atoms with Gasteiger partial charge in [0.15, 0.2) is 0 Å². The lowest BCUT2D eigenvalue weighted by atomic mass is 9.91. The standard InChI is InChI=1S/C11H22N2O2/c1-10(2)8-13(6-7-15-5)9(14)11(3,4)12-10/h12H,6-8H2,1-5H3. The molecule has 1 saturated heterocycles. The summed E-state index contributed by atoms with van der Waals surface area (Å²) in [6, 6.07) is 0. The van der Waals surface area contributed by atoms with E-state index in [2.05, 4.69) is 19.2 Å². The van der Waals surface area contributed by atoms with Crippen LogP contribution >= 0.6 is 0 Å². The Morgan fingerprint density at radius 2 is 2.00 bits per heavy atom. The largest absolute Gasteiger partial charge is 0.383 e. The molecule has 0 aromatic carbocycles. The fourth-order valence-corrected chi connectivity index (χ4v) is 2.27. The molecule has 0 aromatic rings. The number of piperazine rings is 1. The highest BCUT2D eigenvalue weighted by Crippen LogP contribution is 2.21. The number of amides is 1. The van der Waals surface area contributed by atoms with Gasteiger partial charge < -0.3 is 9.64 Å². The number of nitrogens with zero attached hydrogens (tertiary/aromatic N) is 1. The van der Waals surface area contributed by atoms with E-state index in [0.717, 1.165) is 6.54 Å². The molecule has 1 rings (SSSR count). The Morgan fingerprint density at radius 1 is 1.40 bits per heavy atom. The summed E-state index contributed by atoms with van der Waals surface area (Å²) in [6.45, 7) is 10.1. The number of hydrogen-bond donors (Lipinski definition) is 1. The van der Waals surface area contributed by atoms with Gasteiger partial charge in [-0.25, -0.2) is 0 Å². The van der Waals surface area contributed by atoms with E-state index in [-0.39, 0.29) is 11.4 Å². The summed E-state index contributed by atoms with van der Waals surface area (Å²) in [6.07, 6.45) is 0. The smallest absolute Gasteiger partial charge is 0.242 e. The molecule has 0 bridgehead atoms. The first-order valence-corrected chi connectivity index (χ1v) is 5.36. The average Bonchev–Trinajstić information content (AvgIpc) is 2.07. The normalized spacial score (nSPS) is 24.3. The zero-order valence-corrected chi connectivity index (χ0v) is 10.4. The molecule has 0 atom stereocenters. The summed E-state index contributed by atoms with van der Waals surface area (Å²) in [5.41, 5.74) is -0.513. The lowest BCUT2D eigenvalue weighted by Crippen LogP contribution is -2.69. The maximum absolute atomic E-state index is 12.0. The summed E-state index contributed by atoms with van der Waals surface area (Å²) in [5, 5.41) is 3.36. The molecule has 0 unspecified atom stereocenters. The topological polar surface area (TPSA) is 41.6 Å². The van der Waals surface area contributed by atoms with E-state index in [0.29, 0.717) is 13.2 Å². The Balaban J connectivity index is 2.74. The van der Waals surface area contributed by atoms with Crippen molar-refractivity contribution in [3.05, 3.63) is 0 Å². The SMILES string of the molecule is COCCN1CC(C)(C)NC(C)(C)C1=O. The molecule has 88 valence electrons. The summed E-state index contributed by atoms with van der Waals surface area (Å²) in [5.74, 6) is 0.152. The monoisotopic (exact) mass is 214 g/mol. The van der Waals surface area contributed by atoms with Gasteiger partial charge in [0.2, 0.25) is 5.91 Å². The number of rotatable bonds is 3. The Labute approximate surface area is 92.0 Å². The second-order valence-corrected chi connectivity index (χ2v) is 5.35. The molecule has 0 radical (unpaired) electrons. The van der Waals surface area contributed by atoms with E-state index in [4.69, 9.17) is 4.74 Å². The Hall–Kier alpha value is -0.610. The van der Waals surface area contributed by atoms with Gasteiger partial charge in [0, 0.05) is 25.7 Å². The first kappa shape index (κ1) is 12.5. The third kappa shape index (κ3) is 2.92. The zero-order valence-electron chi connectivity index (χ0n) is 10.4. The van der Waals surface area contributed by atoms with Gasteiger partial charge in [0.05, 0.1) is 12.1 Å². The van der Waals surface area contributed by atoms with Crippen molar-refractivity contribution in [2.45, 2.75) is 38.8 Å². The fourth-order valence-electron chi connectivity index (χ4n) is 2.27. The van der Waals surface area contributed by atoms with Crippen molar-refractivity contribution >= 4 is 5.91 Å². The number of carbonyl (C=O) groups is 1. The molecule has 0 spiro atoms. The van der Waals surface area contributed by atoms with E-state index in [9.17, 15) is 4.79 Å². The number of methoxy groups -OCH3 is 1. The van der Waals surface area contributed by atoms with Crippen LogP contribution in [-0.4, -0.2) is 48.7 Å². The van der Waals surface area contributed by atoms with Crippen LogP contribution in [0.5, 0.6) is 0 Å². The molecule has 15 heavy (non-hydrogen) atoms. The van der Waals surface area contributed by atoms with Gasteiger partial charge in [0.1, 0.15) is 0 Å². The van der Waals surface area contributed by atoms with Crippen LogP contribution in [0.3, 0.4) is 0 Å². The number of hydrogen-bond acceptors (Lipinski definition) is 3. The predicted octanol–water partition coefficient (Wildman–Crippen LogP) is 0.622. The summed E-state index contributed by atoms with van der Waals surface area (Å²) >= 11 is 0. The third-order valence-electron chi connectivity index (χ3n) is 2.62. The Morgan fingerprint density at radius 3 is 2.53 bits per heavy atom. The molecular formula is C11H22N2O2.